The molecule has 3 rings (SSSR count). The van der Waals surface area contributed by atoms with E-state index in [0.717, 1.165) is 35.1 Å². The lowest BCUT2D eigenvalue weighted by Gasteiger charge is -2.18. The van der Waals surface area contributed by atoms with E-state index in [4.69, 9.17) is 9.47 Å². The van der Waals surface area contributed by atoms with Gasteiger partial charge >= 0.3 is 0 Å². The highest BCUT2D eigenvalue weighted by atomic mass is 32.2. The third-order valence-electron chi connectivity index (χ3n) is 4.73. The molecule has 0 saturated carbocycles. The highest BCUT2D eigenvalue weighted by Gasteiger charge is 2.29. The Bertz CT molecular complexity index is 589. The molecular weight excluding hydrogens is 338 g/mol. The van der Waals surface area contributed by atoms with E-state index in [-0.39, 0.29) is 5.91 Å². The van der Waals surface area contributed by atoms with E-state index in [9.17, 15) is 4.79 Å². The third-order valence-corrected chi connectivity index (χ3v) is 5.73. The molecule has 6 nitrogen and oxygen atoms in total. The van der Waals surface area contributed by atoms with Crippen LogP contribution in [0.15, 0.2) is 23.1 Å². The largest absolute Gasteiger partial charge is 0.486 e. The average molecular weight is 365 g/mol. The number of carbonyl (C=O) groups is 1. The zero-order chi connectivity index (χ0) is 17.6. The Balaban J connectivity index is 1.34. The van der Waals surface area contributed by atoms with Crippen LogP contribution in [0.3, 0.4) is 0 Å². The molecule has 1 fully saturated rings. The first kappa shape index (κ1) is 18.4. The molecule has 138 valence electrons. The average Bonchev–Trinajstić information content (AvgIpc) is 2.93. The zero-order valence-corrected chi connectivity index (χ0v) is 15.7. The van der Waals surface area contributed by atoms with Crippen molar-refractivity contribution >= 4 is 17.7 Å². The molecule has 0 aromatic heterocycles. The first-order chi connectivity index (χ1) is 12.1. The van der Waals surface area contributed by atoms with Gasteiger partial charge in [-0.25, -0.2) is 0 Å². The van der Waals surface area contributed by atoms with E-state index in [0.29, 0.717) is 37.6 Å². The fourth-order valence-electron chi connectivity index (χ4n) is 3.25. The van der Waals surface area contributed by atoms with Crippen molar-refractivity contribution in [2.24, 2.45) is 5.92 Å². The predicted octanol–water partition coefficient (Wildman–Crippen LogP) is 1.95. The molecule has 7 heteroatoms. The Labute approximate surface area is 153 Å². The van der Waals surface area contributed by atoms with Crippen LogP contribution >= 0.6 is 11.8 Å². The Hall–Kier alpha value is -1.44. The minimum absolute atomic E-state index is 0.115. The highest BCUT2D eigenvalue weighted by Crippen LogP contribution is 2.34. The van der Waals surface area contributed by atoms with E-state index in [2.05, 4.69) is 30.0 Å². The summed E-state index contributed by atoms with van der Waals surface area (Å²) in [5, 5.41) is 3.03. The van der Waals surface area contributed by atoms with Crippen molar-refractivity contribution in [3.8, 4) is 11.5 Å². The molecular formula is C18H27N3O3S. The molecule has 0 radical (unpaired) electrons. The second-order valence-corrected chi connectivity index (χ2v) is 7.74. The summed E-state index contributed by atoms with van der Waals surface area (Å²) in [4.78, 5) is 13.1. The van der Waals surface area contributed by atoms with E-state index in [1.807, 2.05) is 18.2 Å². The lowest BCUT2D eigenvalue weighted by atomic mass is 9.93. The fraction of sp³-hybridized carbons (Fsp3) is 0.611. The minimum atomic E-state index is 0.115. The van der Waals surface area contributed by atoms with Crippen LogP contribution in [0.2, 0.25) is 0 Å². The smallest absolute Gasteiger partial charge is 0.220 e. The maximum atomic E-state index is 12.0. The molecule has 2 aliphatic heterocycles. The Morgan fingerprint density at radius 1 is 1.20 bits per heavy atom. The summed E-state index contributed by atoms with van der Waals surface area (Å²) in [5.74, 6) is 3.01. The predicted molar refractivity (Wildman–Crippen MR) is 99.1 cm³/mol. The van der Waals surface area contributed by atoms with Crippen molar-refractivity contribution in [3.63, 3.8) is 0 Å². The maximum absolute atomic E-state index is 12.0. The molecule has 2 aliphatic rings. The van der Waals surface area contributed by atoms with Gasteiger partial charge in [0, 0.05) is 35.7 Å². The van der Waals surface area contributed by atoms with E-state index in [1.165, 1.54) is 0 Å². The highest BCUT2D eigenvalue weighted by molar-refractivity contribution is 7.99. The SMILES string of the molecule is CC1NNC(C)C1CCNC(=O)CCSc1ccc2c(c1)OCCO2. The number of benzene rings is 1. The number of amides is 1. The molecule has 1 aromatic carbocycles. The molecule has 0 spiro atoms. The van der Waals surface area contributed by atoms with E-state index < -0.39 is 0 Å². The minimum Gasteiger partial charge on any atom is -0.486 e. The van der Waals surface area contributed by atoms with Crippen LogP contribution in [0.4, 0.5) is 0 Å². The van der Waals surface area contributed by atoms with Gasteiger partial charge in [-0.1, -0.05) is 0 Å². The lowest BCUT2D eigenvalue weighted by molar-refractivity contribution is -0.120. The van der Waals surface area contributed by atoms with Gasteiger partial charge in [0.2, 0.25) is 5.91 Å². The monoisotopic (exact) mass is 365 g/mol. The van der Waals surface area contributed by atoms with Gasteiger partial charge in [0.25, 0.3) is 0 Å². The lowest BCUT2D eigenvalue weighted by Crippen LogP contribution is -2.31. The third kappa shape index (κ3) is 5.03. The molecule has 1 amide bonds. The summed E-state index contributed by atoms with van der Waals surface area (Å²) < 4.78 is 11.1. The van der Waals surface area contributed by atoms with Crippen molar-refractivity contribution in [1.82, 2.24) is 16.2 Å². The molecule has 3 N–H and O–H groups in total. The van der Waals surface area contributed by atoms with Crippen LogP contribution in [0.5, 0.6) is 11.5 Å². The van der Waals surface area contributed by atoms with Crippen LogP contribution in [0, 0.1) is 5.92 Å². The topological polar surface area (TPSA) is 71.6 Å². The first-order valence-corrected chi connectivity index (χ1v) is 9.92. The quantitative estimate of drug-likeness (QED) is 0.642. The number of hydrazine groups is 1. The summed E-state index contributed by atoms with van der Waals surface area (Å²) in [6.45, 7) is 6.27. The molecule has 1 aromatic rings. The molecule has 0 bridgehead atoms. The summed E-state index contributed by atoms with van der Waals surface area (Å²) in [6.07, 6.45) is 1.51. The van der Waals surface area contributed by atoms with Crippen molar-refractivity contribution in [2.45, 2.75) is 43.7 Å². The van der Waals surface area contributed by atoms with Gasteiger partial charge in [0.05, 0.1) is 0 Å². The van der Waals surface area contributed by atoms with Crippen LogP contribution in [-0.4, -0.2) is 43.5 Å². The summed E-state index contributed by atoms with van der Waals surface area (Å²) >= 11 is 1.66. The van der Waals surface area contributed by atoms with Crippen LogP contribution in [0.25, 0.3) is 0 Å². The Morgan fingerprint density at radius 3 is 2.68 bits per heavy atom. The van der Waals surface area contributed by atoms with Crippen molar-refractivity contribution < 1.29 is 14.3 Å². The van der Waals surface area contributed by atoms with Gasteiger partial charge in [-0.3, -0.25) is 15.6 Å². The number of carbonyl (C=O) groups excluding carboxylic acids is 1. The summed E-state index contributed by atoms with van der Waals surface area (Å²) in [7, 11) is 0. The van der Waals surface area contributed by atoms with E-state index >= 15 is 0 Å². The molecule has 1 saturated heterocycles. The van der Waals surface area contributed by atoms with Gasteiger partial charge in [-0.15, -0.1) is 11.8 Å². The fourth-order valence-corrected chi connectivity index (χ4v) is 4.13. The number of nitrogens with one attached hydrogen (secondary N) is 3. The van der Waals surface area contributed by atoms with Gasteiger partial charge in [-0.2, -0.15) is 0 Å². The van der Waals surface area contributed by atoms with Crippen LogP contribution in [-0.2, 0) is 4.79 Å². The molecule has 2 atom stereocenters. The number of hydrogen-bond donors (Lipinski definition) is 3. The zero-order valence-electron chi connectivity index (χ0n) is 14.8. The number of fused-ring (bicyclic) bond motifs is 1. The van der Waals surface area contributed by atoms with E-state index in [1.54, 1.807) is 11.8 Å². The molecule has 2 unspecified atom stereocenters. The summed E-state index contributed by atoms with van der Waals surface area (Å²) in [5.41, 5.74) is 6.49. The van der Waals surface area contributed by atoms with Gasteiger partial charge in [-0.05, 0) is 44.4 Å². The number of hydrogen-bond acceptors (Lipinski definition) is 6. The van der Waals surface area contributed by atoms with Crippen LogP contribution < -0.4 is 25.6 Å². The summed E-state index contributed by atoms with van der Waals surface area (Å²) in [6, 6.07) is 6.82. The second kappa shape index (κ2) is 8.78. The maximum Gasteiger partial charge on any atom is 0.220 e. The van der Waals surface area contributed by atoms with Crippen molar-refractivity contribution in [2.75, 3.05) is 25.5 Å². The van der Waals surface area contributed by atoms with Crippen LogP contribution in [0.1, 0.15) is 26.7 Å². The molecule has 0 aliphatic carbocycles. The Morgan fingerprint density at radius 2 is 1.92 bits per heavy atom. The molecule has 2 heterocycles. The Kier molecular flexibility index (Phi) is 6.45. The van der Waals surface area contributed by atoms with Crippen molar-refractivity contribution in [3.05, 3.63) is 18.2 Å². The van der Waals surface area contributed by atoms with Gasteiger partial charge in [0.1, 0.15) is 13.2 Å². The second-order valence-electron chi connectivity index (χ2n) is 6.57. The van der Waals surface area contributed by atoms with Gasteiger partial charge in [0.15, 0.2) is 11.5 Å². The number of thioether (sulfide) groups is 1. The first-order valence-electron chi connectivity index (χ1n) is 8.93. The normalized spacial score (nSPS) is 25.0. The molecule has 25 heavy (non-hydrogen) atoms. The standard InChI is InChI=1S/C18H27N3O3S/c1-12-15(13(2)21-20-12)5-7-19-18(22)6-10-25-14-3-4-16-17(11-14)24-9-8-23-16/h3-4,11-13,15,20-21H,5-10H2,1-2H3,(H,19,22). The number of ether oxygens (including phenoxy) is 2. The van der Waals surface area contributed by atoms with Gasteiger partial charge < -0.3 is 14.8 Å². The van der Waals surface area contributed by atoms with Crippen molar-refractivity contribution in [1.29, 1.82) is 0 Å². The number of rotatable bonds is 7.